The zero-order valence-corrected chi connectivity index (χ0v) is 10.7. The van der Waals surface area contributed by atoms with Crippen LogP contribution >= 0.6 is 15.9 Å². The molecule has 0 saturated heterocycles. The Labute approximate surface area is 108 Å². The molecule has 0 saturated carbocycles. The van der Waals surface area contributed by atoms with Gasteiger partial charge in [0.1, 0.15) is 6.61 Å². The zero-order valence-electron chi connectivity index (χ0n) is 9.14. The smallest absolute Gasteiger partial charge is 0.213 e. The Morgan fingerprint density at radius 3 is 2.82 bits per heavy atom. The lowest BCUT2D eigenvalue weighted by molar-refractivity contribution is 0.274. The second kappa shape index (κ2) is 5.80. The Kier molecular flexibility index (Phi) is 4.12. The first-order valence-corrected chi connectivity index (χ1v) is 6.01. The van der Waals surface area contributed by atoms with Crippen LogP contribution in [0.25, 0.3) is 0 Å². The third kappa shape index (κ3) is 3.28. The molecule has 17 heavy (non-hydrogen) atoms. The summed E-state index contributed by atoms with van der Waals surface area (Å²) in [6.45, 7) is 0.442. The molecule has 0 radical (unpaired) electrons. The van der Waals surface area contributed by atoms with Crippen molar-refractivity contribution in [3.05, 3.63) is 58.2 Å². The van der Waals surface area contributed by atoms with Gasteiger partial charge in [-0.15, -0.1) is 0 Å². The Hall–Kier alpha value is -1.39. The van der Waals surface area contributed by atoms with E-state index >= 15 is 0 Å². The number of hydrogen-bond acceptors (Lipinski definition) is 3. The quantitative estimate of drug-likeness (QED) is 0.942. The van der Waals surface area contributed by atoms with Crippen LogP contribution in [0.1, 0.15) is 11.1 Å². The SMILES string of the molecule is OCc1ccnc(OCc2ccccc2Br)c1. The molecule has 1 aromatic carbocycles. The largest absolute Gasteiger partial charge is 0.473 e. The molecular formula is C13H12BrNO2. The lowest BCUT2D eigenvalue weighted by atomic mass is 10.2. The van der Waals surface area contributed by atoms with Gasteiger partial charge in [-0.25, -0.2) is 4.98 Å². The zero-order chi connectivity index (χ0) is 12.1. The van der Waals surface area contributed by atoms with Crippen molar-refractivity contribution in [3.63, 3.8) is 0 Å². The first-order chi connectivity index (χ1) is 8.29. The molecule has 0 bridgehead atoms. The number of hydrogen-bond donors (Lipinski definition) is 1. The number of benzene rings is 1. The Balaban J connectivity index is 2.05. The van der Waals surface area contributed by atoms with E-state index in [4.69, 9.17) is 9.84 Å². The molecule has 2 aromatic rings. The van der Waals surface area contributed by atoms with Crippen molar-refractivity contribution in [2.75, 3.05) is 0 Å². The number of aliphatic hydroxyl groups is 1. The Morgan fingerprint density at radius 2 is 2.06 bits per heavy atom. The number of ether oxygens (including phenoxy) is 1. The standard InChI is InChI=1S/C13H12BrNO2/c14-12-4-2-1-3-11(12)9-17-13-7-10(8-16)5-6-15-13/h1-7,16H,8-9H2. The number of nitrogens with zero attached hydrogens (tertiary/aromatic N) is 1. The lowest BCUT2D eigenvalue weighted by Crippen LogP contribution is -1.98. The van der Waals surface area contributed by atoms with Crippen LogP contribution < -0.4 is 4.74 Å². The summed E-state index contributed by atoms with van der Waals surface area (Å²) in [7, 11) is 0. The van der Waals surface area contributed by atoms with E-state index in [1.165, 1.54) is 0 Å². The first-order valence-electron chi connectivity index (χ1n) is 5.21. The van der Waals surface area contributed by atoms with Gasteiger partial charge in [-0.2, -0.15) is 0 Å². The second-order valence-electron chi connectivity index (χ2n) is 3.54. The second-order valence-corrected chi connectivity index (χ2v) is 4.39. The highest BCUT2D eigenvalue weighted by molar-refractivity contribution is 9.10. The normalized spacial score (nSPS) is 10.2. The molecule has 0 aliphatic rings. The summed E-state index contributed by atoms with van der Waals surface area (Å²) in [6, 6.07) is 11.4. The molecule has 1 N–H and O–H groups in total. The van der Waals surface area contributed by atoms with Crippen LogP contribution in [0.3, 0.4) is 0 Å². The van der Waals surface area contributed by atoms with Crippen LogP contribution in [-0.4, -0.2) is 10.1 Å². The molecule has 0 fully saturated rings. The fourth-order valence-corrected chi connectivity index (χ4v) is 1.79. The predicted molar refractivity (Wildman–Crippen MR) is 68.6 cm³/mol. The molecule has 0 atom stereocenters. The van der Waals surface area contributed by atoms with E-state index < -0.39 is 0 Å². The highest BCUT2D eigenvalue weighted by atomic mass is 79.9. The fourth-order valence-electron chi connectivity index (χ4n) is 1.39. The topological polar surface area (TPSA) is 42.4 Å². The van der Waals surface area contributed by atoms with Crippen LogP contribution in [0.2, 0.25) is 0 Å². The highest BCUT2D eigenvalue weighted by Gasteiger charge is 2.01. The minimum absolute atomic E-state index is 0.00604. The van der Waals surface area contributed by atoms with Gasteiger partial charge in [-0.05, 0) is 17.7 Å². The van der Waals surface area contributed by atoms with E-state index in [0.29, 0.717) is 12.5 Å². The van der Waals surface area contributed by atoms with Crippen molar-refractivity contribution >= 4 is 15.9 Å². The van der Waals surface area contributed by atoms with E-state index in [2.05, 4.69) is 20.9 Å². The van der Waals surface area contributed by atoms with E-state index in [1.807, 2.05) is 24.3 Å². The molecule has 0 aliphatic carbocycles. The van der Waals surface area contributed by atoms with Crippen LogP contribution in [0.4, 0.5) is 0 Å². The summed E-state index contributed by atoms with van der Waals surface area (Å²) in [5, 5.41) is 9.00. The van der Waals surface area contributed by atoms with Crippen molar-refractivity contribution in [1.82, 2.24) is 4.98 Å². The van der Waals surface area contributed by atoms with Crippen molar-refractivity contribution in [1.29, 1.82) is 0 Å². The molecule has 88 valence electrons. The average molecular weight is 294 g/mol. The Morgan fingerprint density at radius 1 is 1.24 bits per heavy atom. The Bertz CT molecular complexity index is 502. The molecule has 4 heteroatoms. The van der Waals surface area contributed by atoms with E-state index in [9.17, 15) is 0 Å². The number of pyridine rings is 1. The molecule has 0 amide bonds. The molecule has 2 rings (SSSR count). The third-order valence-electron chi connectivity index (χ3n) is 2.32. The summed E-state index contributed by atoms with van der Waals surface area (Å²) >= 11 is 3.46. The lowest BCUT2D eigenvalue weighted by Gasteiger charge is -2.07. The third-order valence-corrected chi connectivity index (χ3v) is 3.09. The van der Waals surface area contributed by atoms with Gasteiger partial charge in [0.25, 0.3) is 0 Å². The van der Waals surface area contributed by atoms with Gasteiger partial charge in [0.2, 0.25) is 5.88 Å². The maximum Gasteiger partial charge on any atom is 0.213 e. The molecule has 1 heterocycles. The minimum Gasteiger partial charge on any atom is -0.473 e. The summed E-state index contributed by atoms with van der Waals surface area (Å²) in [5.74, 6) is 0.521. The van der Waals surface area contributed by atoms with Gasteiger partial charge in [0.05, 0.1) is 6.61 Å². The molecular weight excluding hydrogens is 282 g/mol. The molecule has 0 spiro atoms. The van der Waals surface area contributed by atoms with Crippen LogP contribution in [0, 0.1) is 0 Å². The summed E-state index contributed by atoms with van der Waals surface area (Å²) in [5.41, 5.74) is 1.85. The number of aliphatic hydroxyl groups excluding tert-OH is 1. The number of halogens is 1. The predicted octanol–water partition coefficient (Wildman–Crippen LogP) is 2.92. The fraction of sp³-hybridized carbons (Fsp3) is 0.154. The molecule has 0 aliphatic heterocycles. The van der Waals surface area contributed by atoms with Crippen molar-refractivity contribution < 1.29 is 9.84 Å². The maximum atomic E-state index is 9.00. The van der Waals surface area contributed by atoms with Gasteiger partial charge in [-0.1, -0.05) is 34.1 Å². The van der Waals surface area contributed by atoms with Crippen LogP contribution in [-0.2, 0) is 13.2 Å². The van der Waals surface area contributed by atoms with Gasteiger partial charge in [0, 0.05) is 22.3 Å². The van der Waals surface area contributed by atoms with Gasteiger partial charge in [0.15, 0.2) is 0 Å². The first kappa shape index (κ1) is 12.1. The molecule has 3 nitrogen and oxygen atoms in total. The highest BCUT2D eigenvalue weighted by Crippen LogP contribution is 2.18. The van der Waals surface area contributed by atoms with E-state index in [1.54, 1.807) is 18.3 Å². The maximum absolute atomic E-state index is 9.00. The van der Waals surface area contributed by atoms with Gasteiger partial charge >= 0.3 is 0 Å². The number of rotatable bonds is 4. The van der Waals surface area contributed by atoms with Gasteiger partial charge < -0.3 is 9.84 Å². The van der Waals surface area contributed by atoms with Crippen LogP contribution in [0.15, 0.2) is 47.1 Å². The van der Waals surface area contributed by atoms with Crippen molar-refractivity contribution in [2.45, 2.75) is 13.2 Å². The summed E-state index contributed by atoms with van der Waals surface area (Å²) in [6.07, 6.45) is 1.63. The molecule has 0 unspecified atom stereocenters. The van der Waals surface area contributed by atoms with E-state index in [-0.39, 0.29) is 6.61 Å². The summed E-state index contributed by atoms with van der Waals surface area (Å²) in [4.78, 5) is 4.08. The van der Waals surface area contributed by atoms with Crippen molar-refractivity contribution in [2.24, 2.45) is 0 Å². The average Bonchev–Trinajstić information content (AvgIpc) is 2.38. The molecule has 1 aromatic heterocycles. The van der Waals surface area contributed by atoms with Crippen molar-refractivity contribution in [3.8, 4) is 5.88 Å². The minimum atomic E-state index is -0.00604. The van der Waals surface area contributed by atoms with Crippen LogP contribution in [0.5, 0.6) is 5.88 Å². The number of aromatic nitrogens is 1. The van der Waals surface area contributed by atoms with E-state index in [0.717, 1.165) is 15.6 Å². The van der Waals surface area contributed by atoms with Gasteiger partial charge in [-0.3, -0.25) is 0 Å². The summed E-state index contributed by atoms with van der Waals surface area (Å²) < 4.78 is 6.58. The monoisotopic (exact) mass is 293 g/mol.